The molecule has 0 fully saturated rings. The predicted molar refractivity (Wildman–Crippen MR) is 102 cm³/mol. The van der Waals surface area contributed by atoms with Gasteiger partial charge in [-0.1, -0.05) is 18.2 Å². The van der Waals surface area contributed by atoms with Crippen LogP contribution in [0.1, 0.15) is 21.6 Å². The number of carbonyl (C=O) groups excluding carboxylic acids is 1. The molecule has 3 aromatic rings. The van der Waals surface area contributed by atoms with E-state index in [1.165, 1.54) is 11.3 Å². The number of methoxy groups -OCH3 is 1. The molecule has 0 unspecified atom stereocenters. The fraction of sp³-hybridized carbons (Fsp3) is 0.200. The second-order valence-corrected chi connectivity index (χ2v) is 6.37. The fourth-order valence-corrected chi connectivity index (χ4v) is 2.95. The fourth-order valence-electron chi connectivity index (χ4n) is 2.41. The summed E-state index contributed by atoms with van der Waals surface area (Å²) in [7, 11) is 1.64. The Morgan fingerprint density at radius 1 is 1.15 bits per heavy atom. The van der Waals surface area contributed by atoms with E-state index in [2.05, 4.69) is 10.3 Å². The van der Waals surface area contributed by atoms with Crippen LogP contribution in [0.4, 0.5) is 0 Å². The summed E-state index contributed by atoms with van der Waals surface area (Å²) in [5.41, 5.74) is 4.37. The molecule has 2 aromatic carbocycles. The molecule has 26 heavy (non-hydrogen) atoms. The van der Waals surface area contributed by atoms with Crippen molar-refractivity contribution in [1.82, 2.24) is 10.3 Å². The lowest BCUT2D eigenvalue weighted by molar-refractivity contribution is 0.0953. The summed E-state index contributed by atoms with van der Waals surface area (Å²) in [6, 6.07) is 15.0. The van der Waals surface area contributed by atoms with Gasteiger partial charge in [0.1, 0.15) is 18.1 Å². The van der Waals surface area contributed by atoms with E-state index < -0.39 is 0 Å². The molecule has 0 spiro atoms. The summed E-state index contributed by atoms with van der Waals surface area (Å²) in [6.07, 6.45) is 0.760. The number of aromatic nitrogens is 1. The second kappa shape index (κ2) is 9.01. The van der Waals surface area contributed by atoms with Crippen LogP contribution in [0.2, 0.25) is 0 Å². The van der Waals surface area contributed by atoms with E-state index in [0.29, 0.717) is 24.5 Å². The highest BCUT2D eigenvalue weighted by Gasteiger charge is 2.07. The Balaban J connectivity index is 1.49. The normalized spacial score (nSPS) is 10.3. The molecular weight excluding hydrogens is 348 g/mol. The average molecular weight is 368 g/mol. The average Bonchev–Trinajstić information content (AvgIpc) is 3.21. The second-order valence-electron chi connectivity index (χ2n) is 5.65. The molecule has 1 N–H and O–H groups in total. The van der Waals surface area contributed by atoms with E-state index >= 15 is 0 Å². The van der Waals surface area contributed by atoms with Crippen LogP contribution in [0.5, 0.6) is 11.5 Å². The third kappa shape index (κ3) is 5.07. The van der Waals surface area contributed by atoms with Crippen molar-refractivity contribution in [2.24, 2.45) is 0 Å². The number of amides is 1. The lowest BCUT2D eigenvalue weighted by Gasteiger charge is -2.08. The Labute approximate surface area is 156 Å². The molecule has 0 radical (unpaired) electrons. The first-order valence-electron chi connectivity index (χ1n) is 8.25. The smallest absolute Gasteiger partial charge is 0.251 e. The van der Waals surface area contributed by atoms with Crippen LogP contribution in [0, 0.1) is 0 Å². The Kier molecular flexibility index (Phi) is 6.22. The first-order chi connectivity index (χ1) is 12.7. The molecule has 134 valence electrons. The lowest BCUT2D eigenvalue weighted by Crippen LogP contribution is -2.25. The minimum absolute atomic E-state index is 0.113. The Hall–Kier alpha value is -2.86. The zero-order valence-corrected chi connectivity index (χ0v) is 15.3. The molecule has 0 atom stereocenters. The SMILES string of the molecule is COc1ccc(CCNC(=O)c2cccc(OCc3cscn3)c2)cc1. The minimum atomic E-state index is -0.113. The van der Waals surface area contributed by atoms with E-state index in [9.17, 15) is 4.79 Å². The molecule has 0 saturated heterocycles. The van der Waals surface area contributed by atoms with Crippen LogP contribution in [0.25, 0.3) is 0 Å². The van der Waals surface area contributed by atoms with Crippen LogP contribution >= 0.6 is 11.3 Å². The van der Waals surface area contributed by atoms with E-state index in [1.54, 1.807) is 24.8 Å². The third-order valence-corrected chi connectivity index (χ3v) is 4.46. The number of nitrogens with zero attached hydrogens (tertiary/aromatic N) is 1. The van der Waals surface area contributed by atoms with Crippen LogP contribution in [0.3, 0.4) is 0 Å². The van der Waals surface area contributed by atoms with Gasteiger partial charge in [-0.05, 0) is 42.3 Å². The number of benzene rings is 2. The van der Waals surface area contributed by atoms with Crippen molar-refractivity contribution in [3.63, 3.8) is 0 Å². The van der Waals surface area contributed by atoms with Gasteiger partial charge < -0.3 is 14.8 Å². The van der Waals surface area contributed by atoms with E-state index in [-0.39, 0.29) is 5.91 Å². The first-order valence-corrected chi connectivity index (χ1v) is 9.20. The van der Waals surface area contributed by atoms with Gasteiger partial charge in [0.2, 0.25) is 0 Å². The molecule has 0 saturated carbocycles. The minimum Gasteiger partial charge on any atom is -0.497 e. The van der Waals surface area contributed by atoms with E-state index in [0.717, 1.165) is 23.4 Å². The molecule has 5 nitrogen and oxygen atoms in total. The standard InChI is InChI=1S/C20H20N2O3S/c1-24-18-7-5-15(6-8-18)9-10-21-20(23)16-3-2-4-19(11-16)25-12-17-13-26-14-22-17/h2-8,11,13-14H,9-10,12H2,1H3,(H,21,23). The Morgan fingerprint density at radius 2 is 2.00 bits per heavy atom. The van der Waals surface area contributed by atoms with Crippen LogP contribution in [-0.4, -0.2) is 24.5 Å². The summed E-state index contributed by atoms with van der Waals surface area (Å²) < 4.78 is 10.8. The quantitative estimate of drug-likeness (QED) is 0.659. The van der Waals surface area contributed by atoms with Gasteiger partial charge in [-0.3, -0.25) is 4.79 Å². The molecule has 0 aliphatic heterocycles. The van der Waals surface area contributed by atoms with Gasteiger partial charge in [-0.15, -0.1) is 11.3 Å². The molecule has 1 aromatic heterocycles. The molecular formula is C20H20N2O3S. The lowest BCUT2D eigenvalue weighted by atomic mass is 10.1. The predicted octanol–water partition coefficient (Wildman–Crippen LogP) is 3.70. The van der Waals surface area contributed by atoms with Crippen molar-refractivity contribution in [1.29, 1.82) is 0 Å². The number of nitrogens with one attached hydrogen (secondary N) is 1. The maximum atomic E-state index is 12.3. The van der Waals surface area contributed by atoms with Gasteiger partial charge in [0.25, 0.3) is 5.91 Å². The van der Waals surface area contributed by atoms with Gasteiger partial charge in [0, 0.05) is 17.5 Å². The number of carbonyl (C=O) groups is 1. The molecule has 0 bridgehead atoms. The maximum absolute atomic E-state index is 12.3. The number of ether oxygens (including phenoxy) is 2. The summed E-state index contributed by atoms with van der Waals surface area (Å²) in [5.74, 6) is 1.37. The number of hydrogen-bond acceptors (Lipinski definition) is 5. The van der Waals surface area contributed by atoms with Gasteiger partial charge >= 0.3 is 0 Å². The third-order valence-electron chi connectivity index (χ3n) is 3.82. The van der Waals surface area contributed by atoms with Crippen molar-refractivity contribution in [3.8, 4) is 11.5 Å². The number of rotatable bonds is 8. The Morgan fingerprint density at radius 3 is 2.73 bits per heavy atom. The largest absolute Gasteiger partial charge is 0.497 e. The first kappa shape index (κ1) is 17.9. The maximum Gasteiger partial charge on any atom is 0.251 e. The monoisotopic (exact) mass is 368 g/mol. The highest BCUT2D eigenvalue weighted by Crippen LogP contribution is 2.16. The van der Waals surface area contributed by atoms with Gasteiger partial charge in [-0.2, -0.15) is 0 Å². The molecule has 0 aliphatic rings. The van der Waals surface area contributed by atoms with Crippen molar-refractivity contribution in [2.45, 2.75) is 13.0 Å². The molecule has 1 heterocycles. The Bertz CT molecular complexity index is 833. The van der Waals surface area contributed by atoms with Crippen molar-refractivity contribution in [2.75, 3.05) is 13.7 Å². The summed E-state index contributed by atoms with van der Waals surface area (Å²) in [5, 5.41) is 4.88. The van der Waals surface area contributed by atoms with Crippen molar-refractivity contribution in [3.05, 3.63) is 76.2 Å². The van der Waals surface area contributed by atoms with Crippen LogP contribution in [-0.2, 0) is 13.0 Å². The highest BCUT2D eigenvalue weighted by molar-refractivity contribution is 7.07. The topological polar surface area (TPSA) is 60.5 Å². The van der Waals surface area contributed by atoms with Gasteiger partial charge in [0.15, 0.2) is 0 Å². The molecule has 6 heteroatoms. The molecule has 0 aliphatic carbocycles. The molecule has 1 amide bonds. The van der Waals surface area contributed by atoms with Gasteiger partial charge in [-0.25, -0.2) is 4.98 Å². The molecule has 3 rings (SSSR count). The number of thiazole rings is 1. The zero-order chi connectivity index (χ0) is 18.2. The van der Waals surface area contributed by atoms with E-state index in [1.807, 2.05) is 41.8 Å². The summed E-state index contributed by atoms with van der Waals surface area (Å²) in [6.45, 7) is 0.959. The van der Waals surface area contributed by atoms with Crippen molar-refractivity contribution < 1.29 is 14.3 Å². The van der Waals surface area contributed by atoms with Crippen LogP contribution < -0.4 is 14.8 Å². The summed E-state index contributed by atoms with van der Waals surface area (Å²) >= 11 is 1.53. The van der Waals surface area contributed by atoms with Crippen molar-refractivity contribution >= 4 is 17.2 Å². The van der Waals surface area contributed by atoms with E-state index in [4.69, 9.17) is 9.47 Å². The number of hydrogen-bond donors (Lipinski definition) is 1. The van der Waals surface area contributed by atoms with Gasteiger partial charge in [0.05, 0.1) is 18.3 Å². The summed E-state index contributed by atoms with van der Waals surface area (Å²) in [4.78, 5) is 16.5. The zero-order valence-electron chi connectivity index (χ0n) is 14.5. The van der Waals surface area contributed by atoms with Crippen LogP contribution in [0.15, 0.2) is 59.4 Å². The highest BCUT2D eigenvalue weighted by atomic mass is 32.1.